The predicted octanol–water partition coefficient (Wildman–Crippen LogP) is 2.32. The van der Waals surface area contributed by atoms with Crippen molar-refractivity contribution in [3.05, 3.63) is 0 Å². The highest BCUT2D eigenvalue weighted by Gasteiger charge is 2.26. The van der Waals surface area contributed by atoms with Crippen LogP contribution in [0.3, 0.4) is 0 Å². The molecule has 1 saturated carbocycles. The van der Waals surface area contributed by atoms with Crippen molar-refractivity contribution in [2.45, 2.75) is 45.6 Å². The van der Waals surface area contributed by atoms with E-state index in [1.54, 1.807) is 0 Å². The Bertz CT molecular complexity index is 316. The van der Waals surface area contributed by atoms with Gasteiger partial charge in [0.15, 0.2) is 0 Å². The van der Waals surface area contributed by atoms with Crippen LogP contribution in [0.5, 0.6) is 0 Å². The third-order valence-electron chi connectivity index (χ3n) is 3.39. The van der Waals surface area contributed by atoms with Gasteiger partial charge in [-0.1, -0.05) is 13.8 Å². The number of carboxylic acid groups (broad SMARTS) is 1. The van der Waals surface area contributed by atoms with E-state index in [2.05, 4.69) is 24.5 Å². The van der Waals surface area contributed by atoms with Crippen LogP contribution in [0.1, 0.15) is 39.5 Å². The van der Waals surface area contributed by atoms with Gasteiger partial charge in [0.25, 0.3) is 0 Å². The van der Waals surface area contributed by atoms with Gasteiger partial charge in [0.2, 0.25) is 0 Å². The summed E-state index contributed by atoms with van der Waals surface area (Å²) < 4.78 is 0. The summed E-state index contributed by atoms with van der Waals surface area (Å²) in [4.78, 5) is 22.5. The number of nitrogens with one attached hydrogen (secondary N) is 2. The predicted molar refractivity (Wildman–Crippen MR) is 82.1 cm³/mol. The zero-order valence-corrected chi connectivity index (χ0v) is 13.2. The number of hydrogen-bond acceptors (Lipinski definition) is 3. The Kier molecular flexibility index (Phi) is 7.80. The SMILES string of the molecule is CC(C)CSCCNC(=O)NC1CCC(C(=O)O)CC1. The molecule has 0 unspecified atom stereocenters. The molecule has 3 N–H and O–H groups in total. The van der Waals surface area contributed by atoms with E-state index in [1.165, 1.54) is 0 Å². The molecule has 1 aliphatic carbocycles. The van der Waals surface area contributed by atoms with Gasteiger partial charge in [0, 0.05) is 18.3 Å². The molecule has 0 aromatic heterocycles. The monoisotopic (exact) mass is 302 g/mol. The maximum atomic E-state index is 11.7. The molecule has 0 radical (unpaired) electrons. The van der Waals surface area contributed by atoms with Crippen molar-refractivity contribution in [2.75, 3.05) is 18.1 Å². The summed E-state index contributed by atoms with van der Waals surface area (Å²) >= 11 is 1.85. The van der Waals surface area contributed by atoms with E-state index in [0.29, 0.717) is 25.3 Å². The van der Waals surface area contributed by atoms with E-state index in [4.69, 9.17) is 5.11 Å². The molecule has 116 valence electrons. The second-order valence-corrected chi connectivity index (χ2v) is 6.91. The molecule has 0 bridgehead atoms. The second kappa shape index (κ2) is 9.10. The van der Waals surface area contributed by atoms with Crippen molar-refractivity contribution in [1.82, 2.24) is 10.6 Å². The van der Waals surface area contributed by atoms with E-state index < -0.39 is 5.97 Å². The van der Waals surface area contributed by atoms with E-state index in [0.717, 1.165) is 24.3 Å². The normalized spacial score (nSPS) is 22.6. The quantitative estimate of drug-likeness (QED) is 0.631. The fourth-order valence-electron chi connectivity index (χ4n) is 2.28. The first kappa shape index (κ1) is 17.1. The number of carbonyl (C=O) groups is 2. The van der Waals surface area contributed by atoms with Gasteiger partial charge in [-0.15, -0.1) is 0 Å². The summed E-state index contributed by atoms with van der Waals surface area (Å²) in [5.74, 6) is 1.77. The lowest BCUT2D eigenvalue weighted by Crippen LogP contribution is -2.44. The zero-order valence-electron chi connectivity index (χ0n) is 12.4. The zero-order chi connectivity index (χ0) is 15.0. The molecule has 1 aliphatic rings. The van der Waals surface area contributed by atoms with Crippen molar-refractivity contribution < 1.29 is 14.7 Å². The minimum Gasteiger partial charge on any atom is -0.481 e. The summed E-state index contributed by atoms with van der Waals surface area (Å²) in [6, 6.07) is -0.0113. The molecule has 0 saturated heterocycles. The number of aliphatic carboxylic acids is 1. The smallest absolute Gasteiger partial charge is 0.315 e. The van der Waals surface area contributed by atoms with E-state index >= 15 is 0 Å². The molecule has 1 fully saturated rings. The largest absolute Gasteiger partial charge is 0.481 e. The van der Waals surface area contributed by atoms with Crippen molar-refractivity contribution >= 4 is 23.8 Å². The summed E-state index contributed by atoms with van der Waals surface area (Å²) in [7, 11) is 0. The molecule has 0 atom stereocenters. The number of hydrogen-bond donors (Lipinski definition) is 3. The number of rotatable bonds is 7. The first-order valence-corrected chi connectivity index (χ1v) is 8.49. The molecule has 0 aliphatic heterocycles. The van der Waals surface area contributed by atoms with Gasteiger partial charge in [-0.2, -0.15) is 11.8 Å². The molecule has 20 heavy (non-hydrogen) atoms. The van der Waals surface area contributed by atoms with Crippen LogP contribution in [0.4, 0.5) is 4.79 Å². The van der Waals surface area contributed by atoms with Crippen molar-refractivity contribution in [3.8, 4) is 0 Å². The Morgan fingerprint density at radius 1 is 1.25 bits per heavy atom. The molecule has 1 rings (SSSR count). The number of carboxylic acids is 1. The van der Waals surface area contributed by atoms with Crippen LogP contribution in [0.15, 0.2) is 0 Å². The highest BCUT2D eigenvalue weighted by molar-refractivity contribution is 7.99. The lowest BCUT2D eigenvalue weighted by atomic mass is 9.86. The summed E-state index contributed by atoms with van der Waals surface area (Å²) in [5.41, 5.74) is 0. The maximum Gasteiger partial charge on any atom is 0.315 e. The number of amides is 2. The lowest BCUT2D eigenvalue weighted by molar-refractivity contribution is -0.142. The molecule has 0 heterocycles. The maximum absolute atomic E-state index is 11.7. The van der Waals surface area contributed by atoms with Crippen LogP contribution in [0.25, 0.3) is 0 Å². The van der Waals surface area contributed by atoms with Gasteiger partial charge < -0.3 is 15.7 Å². The first-order chi connectivity index (χ1) is 9.49. The van der Waals surface area contributed by atoms with Crippen LogP contribution in [0.2, 0.25) is 0 Å². The minimum absolute atomic E-state index is 0.119. The third-order valence-corrected chi connectivity index (χ3v) is 4.79. The summed E-state index contributed by atoms with van der Waals surface area (Å²) in [5, 5.41) is 14.7. The van der Waals surface area contributed by atoms with Crippen molar-refractivity contribution in [1.29, 1.82) is 0 Å². The molecule has 6 heteroatoms. The first-order valence-electron chi connectivity index (χ1n) is 7.34. The van der Waals surface area contributed by atoms with Crippen LogP contribution in [-0.2, 0) is 4.79 Å². The van der Waals surface area contributed by atoms with E-state index in [9.17, 15) is 9.59 Å². The standard InChI is InChI=1S/C14H26N2O3S/c1-10(2)9-20-8-7-15-14(19)16-12-5-3-11(4-6-12)13(17)18/h10-12H,3-9H2,1-2H3,(H,17,18)(H2,15,16,19). The highest BCUT2D eigenvalue weighted by atomic mass is 32.2. The molecule has 5 nitrogen and oxygen atoms in total. The van der Waals surface area contributed by atoms with Gasteiger partial charge in [-0.25, -0.2) is 4.79 Å². The average molecular weight is 302 g/mol. The van der Waals surface area contributed by atoms with Gasteiger partial charge in [-0.3, -0.25) is 4.79 Å². The summed E-state index contributed by atoms with van der Waals surface area (Å²) in [6.07, 6.45) is 2.83. The van der Waals surface area contributed by atoms with Crippen LogP contribution >= 0.6 is 11.8 Å². The summed E-state index contributed by atoms with van der Waals surface area (Å²) in [6.45, 7) is 5.04. The van der Waals surface area contributed by atoms with Crippen LogP contribution < -0.4 is 10.6 Å². The fourth-order valence-corrected chi connectivity index (χ4v) is 3.16. The topological polar surface area (TPSA) is 78.4 Å². The molecular formula is C14H26N2O3S. The van der Waals surface area contributed by atoms with Crippen LogP contribution in [-0.4, -0.2) is 41.2 Å². The molecule has 0 spiro atoms. The molecule has 0 aromatic rings. The Morgan fingerprint density at radius 2 is 1.90 bits per heavy atom. The minimum atomic E-state index is -0.713. The number of urea groups is 1. The third kappa shape index (κ3) is 7.03. The van der Waals surface area contributed by atoms with Gasteiger partial charge >= 0.3 is 12.0 Å². The van der Waals surface area contributed by atoms with Crippen molar-refractivity contribution in [2.24, 2.45) is 11.8 Å². The average Bonchev–Trinajstić information content (AvgIpc) is 2.38. The van der Waals surface area contributed by atoms with Gasteiger partial charge in [0.05, 0.1) is 5.92 Å². The Labute approximate surface area is 125 Å². The second-order valence-electron chi connectivity index (χ2n) is 5.76. The van der Waals surface area contributed by atoms with Gasteiger partial charge in [0.1, 0.15) is 0 Å². The molecular weight excluding hydrogens is 276 g/mol. The lowest BCUT2D eigenvalue weighted by Gasteiger charge is -2.26. The van der Waals surface area contributed by atoms with E-state index in [-0.39, 0.29) is 18.0 Å². The van der Waals surface area contributed by atoms with Crippen molar-refractivity contribution in [3.63, 3.8) is 0 Å². The Balaban J connectivity index is 2.07. The Morgan fingerprint density at radius 3 is 2.45 bits per heavy atom. The van der Waals surface area contributed by atoms with Gasteiger partial charge in [-0.05, 0) is 37.4 Å². The number of carbonyl (C=O) groups excluding carboxylic acids is 1. The fraction of sp³-hybridized carbons (Fsp3) is 0.857. The van der Waals surface area contributed by atoms with E-state index in [1.807, 2.05) is 11.8 Å². The molecule has 0 aromatic carbocycles. The highest BCUT2D eigenvalue weighted by Crippen LogP contribution is 2.24. The van der Waals surface area contributed by atoms with Crippen LogP contribution in [0, 0.1) is 11.8 Å². The molecule has 2 amide bonds. The Hall–Kier alpha value is -0.910. The number of thioether (sulfide) groups is 1.